The predicted molar refractivity (Wildman–Crippen MR) is 117 cm³/mol. The molecule has 0 atom stereocenters. The molecule has 1 amide bonds. The predicted octanol–water partition coefficient (Wildman–Crippen LogP) is 4.31. The van der Waals surface area contributed by atoms with Crippen molar-refractivity contribution < 1.29 is 22.7 Å². The zero-order valence-corrected chi connectivity index (χ0v) is 19.0. The van der Waals surface area contributed by atoms with E-state index in [0.717, 1.165) is 22.4 Å². The monoisotopic (exact) mass is 431 g/mol. The summed E-state index contributed by atoms with van der Waals surface area (Å²) in [5.41, 5.74) is 2.55. The average molecular weight is 432 g/mol. The molecule has 0 N–H and O–H groups in total. The van der Waals surface area contributed by atoms with Crippen LogP contribution in [0.4, 0.5) is 4.79 Å². The lowest BCUT2D eigenvalue weighted by Gasteiger charge is -2.39. The zero-order chi connectivity index (χ0) is 22.1. The maximum Gasteiger partial charge on any atom is 0.410 e. The van der Waals surface area contributed by atoms with Gasteiger partial charge >= 0.3 is 6.09 Å². The highest BCUT2D eigenvalue weighted by Crippen LogP contribution is 2.28. The van der Waals surface area contributed by atoms with Crippen molar-refractivity contribution >= 4 is 15.9 Å². The Morgan fingerprint density at radius 3 is 2.27 bits per heavy atom. The SMILES string of the molecule is Cc1cc(OCC2CN(C(=O)OC(C)(C)C)C2)ccc1-c1ccc(S(C)(=O)=O)cc1. The fraction of sp³-hybridized carbons (Fsp3) is 0.435. The minimum absolute atomic E-state index is 0.277. The average Bonchev–Trinajstić information content (AvgIpc) is 2.58. The molecule has 1 aliphatic rings. The molecule has 0 saturated carbocycles. The number of nitrogens with zero attached hydrogens (tertiary/aromatic N) is 1. The molecule has 3 rings (SSSR count). The molecule has 162 valence electrons. The number of sulfone groups is 1. The van der Waals surface area contributed by atoms with Gasteiger partial charge in [0.2, 0.25) is 0 Å². The van der Waals surface area contributed by atoms with E-state index in [0.29, 0.717) is 30.5 Å². The molecule has 1 aliphatic heterocycles. The lowest BCUT2D eigenvalue weighted by Crippen LogP contribution is -2.53. The summed E-state index contributed by atoms with van der Waals surface area (Å²) in [4.78, 5) is 14.0. The van der Waals surface area contributed by atoms with Crippen LogP contribution in [0, 0.1) is 12.8 Å². The van der Waals surface area contributed by atoms with Crippen LogP contribution in [0.1, 0.15) is 26.3 Å². The van der Waals surface area contributed by atoms with Crippen molar-refractivity contribution in [2.45, 2.75) is 38.2 Å². The summed E-state index contributed by atoms with van der Waals surface area (Å²) in [6, 6.07) is 12.8. The van der Waals surface area contributed by atoms with Crippen LogP contribution < -0.4 is 4.74 Å². The van der Waals surface area contributed by atoms with Gasteiger partial charge in [-0.05, 0) is 68.7 Å². The van der Waals surface area contributed by atoms with E-state index < -0.39 is 15.4 Å². The van der Waals surface area contributed by atoms with Gasteiger partial charge in [0.05, 0.1) is 11.5 Å². The van der Waals surface area contributed by atoms with E-state index >= 15 is 0 Å². The lowest BCUT2D eigenvalue weighted by atomic mass is 10.00. The first-order valence-corrected chi connectivity index (χ1v) is 11.8. The lowest BCUT2D eigenvalue weighted by molar-refractivity contribution is -0.00781. The Bertz CT molecular complexity index is 1020. The molecule has 0 unspecified atom stereocenters. The highest BCUT2D eigenvalue weighted by Gasteiger charge is 2.34. The molecule has 1 heterocycles. The third-order valence-electron chi connectivity index (χ3n) is 4.89. The highest BCUT2D eigenvalue weighted by molar-refractivity contribution is 7.90. The van der Waals surface area contributed by atoms with Gasteiger partial charge in [0.25, 0.3) is 0 Å². The molecule has 30 heavy (non-hydrogen) atoms. The molecular weight excluding hydrogens is 402 g/mol. The number of rotatable bonds is 5. The standard InChI is InChI=1S/C23H29NO5S/c1-16-12-19(28-15-17-13-24(14-17)22(25)29-23(2,3)4)8-11-21(16)18-6-9-20(10-7-18)30(5,26)27/h6-12,17H,13-15H2,1-5H3. The molecule has 0 aromatic heterocycles. The minimum Gasteiger partial charge on any atom is -0.493 e. The van der Waals surface area contributed by atoms with Gasteiger partial charge in [-0.15, -0.1) is 0 Å². The summed E-state index contributed by atoms with van der Waals surface area (Å²) >= 11 is 0. The number of amides is 1. The largest absolute Gasteiger partial charge is 0.493 e. The third-order valence-corrected chi connectivity index (χ3v) is 6.01. The Morgan fingerprint density at radius 1 is 1.10 bits per heavy atom. The Balaban J connectivity index is 1.55. The van der Waals surface area contributed by atoms with Gasteiger partial charge in [0.15, 0.2) is 9.84 Å². The second-order valence-corrected chi connectivity index (χ2v) is 10.9. The molecule has 2 aromatic carbocycles. The summed E-state index contributed by atoms with van der Waals surface area (Å²) in [6.45, 7) is 9.39. The van der Waals surface area contributed by atoms with Crippen LogP contribution in [-0.4, -0.2) is 51.0 Å². The first-order valence-electron chi connectivity index (χ1n) is 9.94. The number of carbonyl (C=O) groups excluding carboxylic acids is 1. The normalized spacial score (nSPS) is 14.9. The Morgan fingerprint density at radius 2 is 1.73 bits per heavy atom. The number of aryl methyl sites for hydroxylation is 1. The molecule has 0 radical (unpaired) electrons. The molecule has 2 aromatic rings. The number of hydrogen-bond donors (Lipinski definition) is 0. The van der Waals surface area contributed by atoms with Crippen molar-refractivity contribution in [3.63, 3.8) is 0 Å². The summed E-state index contributed by atoms with van der Waals surface area (Å²) in [5, 5.41) is 0. The van der Waals surface area contributed by atoms with Gasteiger partial charge in [-0.1, -0.05) is 18.2 Å². The molecule has 0 bridgehead atoms. The van der Waals surface area contributed by atoms with E-state index in [-0.39, 0.29) is 6.09 Å². The van der Waals surface area contributed by atoms with Crippen molar-refractivity contribution in [3.8, 4) is 16.9 Å². The maximum absolute atomic E-state index is 12.0. The Labute approximate surface area is 178 Å². The van der Waals surface area contributed by atoms with Gasteiger partial charge in [0.1, 0.15) is 11.4 Å². The minimum atomic E-state index is -3.20. The van der Waals surface area contributed by atoms with Crippen molar-refractivity contribution in [1.82, 2.24) is 4.90 Å². The second kappa shape index (κ2) is 8.30. The Kier molecular flexibility index (Phi) is 6.13. The smallest absolute Gasteiger partial charge is 0.410 e. The fourth-order valence-electron chi connectivity index (χ4n) is 3.30. The Hall–Kier alpha value is -2.54. The highest BCUT2D eigenvalue weighted by atomic mass is 32.2. The van der Waals surface area contributed by atoms with E-state index in [1.165, 1.54) is 6.26 Å². The number of carbonyl (C=O) groups is 1. The topological polar surface area (TPSA) is 72.9 Å². The van der Waals surface area contributed by atoms with Gasteiger partial charge < -0.3 is 14.4 Å². The zero-order valence-electron chi connectivity index (χ0n) is 18.1. The van der Waals surface area contributed by atoms with Gasteiger partial charge in [-0.3, -0.25) is 0 Å². The summed E-state index contributed by atoms with van der Waals surface area (Å²) in [6.07, 6.45) is 0.926. The maximum atomic E-state index is 12.0. The van der Waals surface area contributed by atoms with E-state index in [2.05, 4.69) is 0 Å². The molecular formula is C23H29NO5S. The van der Waals surface area contributed by atoms with E-state index in [9.17, 15) is 13.2 Å². The van der Waals surface area contributed by atoms with Crippen molar-refractivity contribution in [1.29, 1.82) is 0 Å². The first kappa shape index (κ1) is 22.2. The van der Waals surface area contributed by atoms with Gasteiger partial charge in [-0.2, -0.15) is 0 Å². The van der Waals surface area contributed by atoms with Gasteiger partial charge in [-0.25, -0.2) is 13.2 Å². The summed E-state index contributed by atoms with van der Waals surface area (Å²) < 4.78 is 34.5. The van der Waals surface area contributed by atoms with E-state index in [1.807, 2.05) is 58.0 Å². The van der Waals surface area contributed by atoms with Crippen molar-refractivity contribution in [3.05, 3.63) is 48.0 Å². The van der Waals surface area contributed by atoms with Crippen LogP contribution in [0.3, 0.4) is 0 Å². The molecule has 0 aliphatic carbocycles. The second-order valence-electron chi connectivity index (χ2n) is 8.84. The molecule has 0 spiro atoms. The van der Waals surface area contributed by atoms with Gasteiger partial charge in [0, 0.05) is 25.3 Å². The molecule has 7 heteroatoms. The van der Waals surface area contributed by atoms with Crippen LogP contribution in [0.25, 0.3) is 11.1 Å². The summed E-state index contributed by atoms with van der Waals surface area (Å²) in [5.74, 6) is 1.07. The number of likely N-dealkylation sites (tertiary alicyclic amines) is 1. The van der Waals surface area contributed by atoms with E-state index in [4.69, 9.17) is 9.47 Å². The molecule has 1 saturated heterocycles. The van der Waals surface area contributed by atoms with Crippen molar-refractivity contribution in [2.24, 2.45) is 5.92 Å². The third kappa shape index (κ3) is 5.53. The van der Waals surface area contributed by atoms with Crippen LogP contribution in [0.15, 0.2) is 47.4 Å². The van der Waals surface area contributed by atoms with Crippen LogP contribution in [-0.2, 0) is 14.6 Å². The number of ether oxygens (including phenoxy) is 2. The molecule has 1 fully saturated rings. The van der Waals surface area contributed by atoms with Crippen LogP contribution in [0.5, 0.6) is 5.75 Å². The summed E-state index contributed by atoms with van der Waals surface area (Å²) in [7, 11) is -3.20. The number of hydrogen-bond acceptors (Lipinski definition) is 5. The number of benzene rings is 2. The van der Waals surface area contributed by atoms with Crippen molar-refractivity contribution in [2.75, 3.05) is 26.0 Å². The van der Waals surface area contributed by atoms with Crippen LogP contribution in [0.2, 0.25) is 0 Å². The quantitative estimate of drug-likeness (QED) is 0.705. The molecule has 6 nitrogen and oxygen atoms in total. The van der Waals surface area contributed by atoms with E-state index in [1.54, 1.807) is 17.0 Å². The van der Waals surface area contributed by atoms with Crippen LogP contribution >= 0.6 is 0 Å². The first-order chi connectivity index (χ1) is 13.9. The fourth-order valence-corrected chi connectivity index (χ4v) is 3.93.